The highest BCUT2D eigenvalue weighted by molar-refractivity contribution is 7.99. The summed E-state index contributed by atoms with van der Waals surface area (Å²) in [5.41, 5.74) is 4.75. The molecule has 1 aliphatic rings. The first kappa shape index (κ1) is 24.9. The molecule has 192 valence electrons. The van der Waals surface area contributed by atoms with E-state index in [9.17, 15) is 9.59 Å². The van der Waals surface area contributed by atoms with Crippen molar-refractivity contribution in [2.24, 2.45) is 0 Å². The first-order valence-corrected chi connectivity index (χ1v) is 14.6. The van der Waals surface area contributed by atoms with Crippen molar-refractivity contribution in [1.29, 1.82) is 0 Å². The van der Waals surface area contributed by atoms with Gasteiger partial charge < -0.3 is 4.74 Å². The van der Waals surface area contributed by atoms with Crippen molar-refractivity contribution in [1.82, 2.24) is 9.55 Å². The molecule has 0 radical (unpaired) electrons. The number of thiophene rings is 1. The second-order valence-corrected chi connectivity index (χ2v) is 11.9. The zero-order chi connectivity index (χ0) is 26.4. The third-order valence-electron chi connectivity index (χ3n) is 7.12. The Balaban J connectivity index is 1.40. The number of hydrogen-bond acceptors (Lipinski definition) is 6. The van der Waals surface area contributed by atoms with E-state index in [0.717, 1.165) is 69.2 Å². The summed E-state index contributed by atoms with van der Waals surface area (Å²) in [6.45, 7) is 4.07. The molecule has 0 fully saturated rings. The Morgan fingerprint density at radius 2 is 1.74 bits per heavy atom. The van der Waals surface area contributed by atoms with Gasteiger partial charge in [0.05, 0.1) is 23.9 Å². The Morgan fingerprint density at radius 3 is 2.53 bits per heavy atom. The minimum Gasteiger partial charge on any atom is -0.497 e. The number of fused-ring (bicyclic) bond motifs is 4. The van der Waals surface area contributed by atoms with Crippen LogP contribution in [0.2, 0.25) is 0 Å². The van der Waals surface area contributed by atoms with Gasteiger partial charge >= 0.3 is 0 Å². The number of ether oxygens (including phenoxy) is 1. The number of ketones is 1. The van der Waals surface area contributed by atoms with Crippen LogP contribution in [0.1, 0.15) is 44.8 Å². The average Bonchev–Trinajstić information content (AvgIpc) is 3.29. The Bertz CT molecular complexity index is 1760. The fraction of sp³-hybridized carbons (Fsp3) is 0.258. The molecule has 7 heteroatoms. The fourth-order valence-electron chi connectivity index (χ4n) is 5.33. The lowest BCUT2D eigenvalue weighted by atomic mass is 9.97. The second kappa shape index (κ2) is 10.0. The Kier molecular flexibility index (Phi) is 6.58. The minimum atomic E-state index is -0.0333. The van der Waals surface area contributed by atoms with Crippen LogP contribution < -0.4 is 10.3 Å². The van der Waals surface area contributed by atoms with Gasteiger partial charge in [-0.05, 0) is 97.3 Å². The zero-order valence-electron chi connectivity index (χ0n) is 21.7. The second-order valence-electron chi connectivity index (χ2n) is 9.91. The van der Waals surface area contributed by atoms with Gasteiger partial charge in [0.15, 0.2) is 10.9 Å². The highest BCUT2D eigenvalue weighted by Crippen LogP contribution is 2.35. The third kappa shape index (κ3) is 4.54. The smallest absolute Gasteiger partial charge is 0.267 e. The molecule has 0 atom stereocenters. The third-order valence-corrected chi connectivity index (χ3v) is 9.25. The molecule has 38 heavy (non-hydrogen) atoms. The van der Waals surface area contributed by atoms with Crippen molar-refractivity contribution >= 4 is 49.9 Å². The van der Waals surface area contributed by atoms with E-state index < -0.39 is 0 Å². The molecule has 2 heterocycles. The molecule has 0 amide bonds. The summed E-state index contributed by atoms with van der Waals surface area (Å²) in [6.07, 6.45) is 4.19. The van der Waals surface area contributed by atoms with Crippen LogP contribution in [0.4, 0.5) is 0 Å². The lowest BCUT2D eigenvalue weighted by Crippen LogP contribution is -2.23. The maximum absolute atomic E-state index is 14.0. The average molecular weight is 541 g/mol. The maximum atomic E-state index is 14.0. The topological polar surface area (TPSA) is 61.2 Å². The van der Waals surface area contributed by atoms with E-state index in [1.807, 2.05) is 62.4 Å². The van der Waals surface area contributed by atoms with Gasteiger partial charge in [0, 0.05) is 10.4 Å². The van der Waals surface area contributed by atoms with Gasteiger partial charge in [0.2, 0.25) is 0 Å². The van der Waals surface area contributed by atoms with Crippen molar-refractivity contribution in [3.8, 4) is 11.4 Å². The molecule has 5 nitrogen and oxygen atoms in total. The number of thioether (sulfide) groups is 1. The van der Waals surface area contributed by atoms with Crippen LogP contribution in [0.5, 0.6) is 5.75 Å². The Labute approximate surface area is 229 Å². The molecule has 0 spiro atoms. The summed E-state index contributed by atoms with van der Waals surface area (Å²) >= 11 is 2.97. The van der Waals surface area contributed by atoms with Crippen LogP contribution in [0.15, 0.2) is 64.5 Å². The van der Waals surface area contributed by atoms with Crippen molar-refractivity contribution < 1.29 is 9.53 Å². The van der Waals surface area contributed by atoms with Gasteiger partial charge in [-0.25, -0.2) is 4.98 Å². The monoisotopic (exact) mass is 540 g/mol. The predicted octanol–water partition coefficient (Wildman–Crippen LogP) is 7.08. The summed E-state index contributed by atoms with van der Waals surface area (Å²) in [6, 6.07) is 17.7. The van der Waals surface area contributed by atoms with E-state index in [0.29, 0.717) is 10.7 Å². The predicted molar refractivity (Wildman–Crippen MR) is 157 cm³/mol. The van der Waals surface area contributed by atoms with E-state index in [-0.39, 0.29) is 17.1 Å². The quantitative estimate of drug-likeness (QED) is 0.131. The highest BCUT2D eigenvalue weighted by Gasteiger charge is 2.23. The van der Waals surface area contributed by atoms with Crippen LogP contribution in [0.3, 0.4) is 0 Å². The molecule has 0 aliphatic heterocycles. The van der Waals surface area contributed by atoms with E-state index in [2.05, 4.69) is 6.07 Å². The van der Waals surface area contributed by atoms with Crippen molar-refractivity contribution in [3.05, 3.63) is 92.1 Å². The van der Waals surface area contributed by atoms with Crippen molar-refractivity contribution in [2.45, 2.75) is 44.7 Å². The van der Waals surface area contributed by atoms with Crippen LogP contribution >= 0.6 is 23.1 Å². The number of benzene rings is 3. The van der Waals surface area contributed by atoms with Gasteiger partial charge in [-0.1, -0.05) is 36.0 Å². The Morgan fingerprint density at radius 1 is 1.00 bits per heavy atom. The normalized spacial score (nSPS) is 13.1. The largest absolute Gasteiger partial charge is 0.497 e. The molecule has 2 aromatic heterocycles. The molecule has 6 rings (SSSR count). The number of aromatic nitrogens is 2. The first-order valence-electron chi connectivity index (χ1n) is 12.8. The van der Waals surface area contributed by atoms with Crippen molar-refractivity contribution in [3.63, 3.8) is 0 Å². The standard InChI is InChI=1S/C31H28N2O3S2/c1-18-12-19(2)14-23(13-18)33-30(35)28-25-6-4-5-7-27(25)38-29(28)32-31(33)37-17-26(34)22-9-8-21-16-24(36-3)11-10-20(21)15-22/h8-16H,4-7,17H2,1-3H3. The molecular formula is C31H28N2O3S2. The Hall–Kier alpha value is -3.42. The number of nitrogens with zero attached hydrogens (tertiary/aromatic N) is 2. The summed E-state index contributed by atoms with van der Waals surface area (Å²) in [7, 11) is 1.64. The van der Waals surface area contributed by atoms with E-state index >= 15 is 0 Å². The molecule has 0 saturated carbocycles. The number of methoxy groups -OCH3 is 1. The molecule has 0 bridgehead atoms. The maximum Gasteiger partial charge on any atom is 0.267 e. The van der Waals surface area contributed by atoms with Crippen LogP contribution in [0.25, 0.3) is 26.7 Å². The fourth-order valence-corrected chi connectivity index (χ4v) is 7.54. The minimum absolute atomic E-state index is 0.000453. The number of rotatable bonds is 6. The molecule has 0 unspecified atom stereocenters. The molecular weight excluding hydrogens is 512 g/mol. The van der Waals surface area contributed by atoms with Gasteiger partial charge in [-0.3, -0.25) is 14.2 Å². The number of hydrogen-bond donors (Lipinski definition) is 0. The first-order chi connectivity index (χ1) is 18.4. The van der Waals surface area contributed by atoms with E-state index in [4.69, 9.17) is 9.72 Å². The molecule has 5 aromatic rings. The van der Waals surface area contributed by atoms with Crippen LogP contribution in [-0.4, -0.2) is 28.2 Å². The van der Waals surface area contributed by atoms with Gasteiger partial charge in [0.1, 0.15) is 10.6 Å². The van der Waals surface area contributed by atoms with Gasteiger partial charge in [0.25, 0.3) is 5.56 Å². The lowest BCUT2D eigenvalue weighted by molar-refractivity contribution is 0.102. The summed E-state index contributed by atoms with van der Waals surface area (Å²) < 4.78 is 7.03. The van der Waals surface area contributed by atoms with E-state index in [1.54, 1.807) is 23.0 Å². The molecule has 0 saturated heterocycles. The van der Waals surface area contributed by atoms with Crippen LogP contribution in [0, 0.1) is 13.8 Å². The number of carbonyl (C=O) groups is 1. The van der Waals surface area contributed by atoms with Gasteiger partial charge in [-0.15, -0.1) is 11.3 Å². The van der Waals surface area contributed by atoms with Gasteiger partial charge in [-0.2, -0.15) is 0 Å². The van der Waals surface area contributed by atoms with Crippen LogP contribution in [-0.2, 0) is 12.8 Å². The SMILES string of the molecule is COc1ccc2cc(C(=O)CSc3nc4sc5c(c4c(=O)n3-c3cc(C)cc(C)c3)CCCC5)ccc2c1. The van der Waals surface area contributed by atoms with Crippen molar-refractivity contribution in [2.75, 3.05) is 12.9 Å². The summed E-state index contributed by atoms with van der Waals surface area (Å²) in [4.78, 5) is 34.4. The molecule has 1 aliphatic carbocycles. The molecule has 3 aromatic carbocycles. The highest BCUT2D eigenvalue weighted by atomic mass is 32.2. The summed E-state index contributed by atoms with van der Waals surface area (Å²) in [5, 5.41) is 3.32. The van der Waals surface area contributed by atoms with E-state index in [1.165, 1.54) is 22.2 Å². The lowest BCUT2D eigenvalue weighted by Gasteiger charge is -2.14. The number of Topliss-reactive ketones (excluding diaryl/α,β-unsaturated/α-hetero) is 1. The zero-order valence-corrected chi connectivity index (χ0v) is 23.3. The summed E-state index contributed by atoms with van der Waals surface area (Å²) in [5.74, 6) is 0.975. The number of aryl methyl sites for hydroxylation is 4. The number of carbonyl (C=O) groups excluding carboxylic acids is 1. The molecule has 0 N–H and O–H groups in total.